The van der Waals surface area contributed by atoms with E-state index in [1.807, 2.05) is 5.38 Å². The van der Waals surface area contributed by atoms with Gasteiger partial charge < -0.3 is 10.5 Å². The van der Waals surface area contributed by atoms with Gasteiger partial charge in [-0.15, -0.1) is 11.3 Å². The Labute approximate surface area is 139 Å². The van der Waals surface area contributed by atoms with E-state index in [2.05, 4.69) is 55.9 Å². The van der Waals surface area contributed by atoms with Gasteiger partial charge in [-0.25, -0.2) is 4.98 Å². The number of halogens is 2. The lowest BCUT2D eigenvalue weighted by atomic mass is 10.0. The van der Waals surface area contributed by atoms with E-state index < -0.39 is 0 Å². The first-order valence-corrected chi connectivity index (χ1v) is 8.81. The third-order valence-corrected chi connectivity index (χ3v) is 4.83. The van der Waals surface area contributed by atoms with Gasteiger partial charge in [0.05, 0.1) is 8.95 Å². The average molecular weight is 420 g/mol. The molecule has 0 saturated carbocycles. The van der Waals surface area contributed by atoms with Gasteiger partial charge in [0.2, 0.25) is 0 Å². The summed E-state index contributed by atoms with van der Waals surface area (Å²) in [6.45, 7) is 2.57. The van der Waals surface area contributed by atoms with Crippen molar-refractivity contribution < 1.29 is 4.74 Å². The van der Waals surface area contributed by atoms with Gasteiger partial charge in [-0.1, -0.05) is 6.92 Å². The molecule has 1 atom stereocenters. The molecule has 20 heavy (non-hydrogen) atoms. The van der Waals surface area contributed by atoms with Crippen LogP contribution in [0.25, 0.3) is 0 Å². The number of benzene rings is 1. The van der Waals surface area contributed by atoms with Crippen LogP contribution in [-0.4, -0.2) is 11.0 Å². The smallest absolute Gasteiger partial charge is 0.148 e. The van der Waals surface area contributed by atoms with E-state index in [1.165, 1.54) is 5.56 Å². The molecule has 0 spiro atoms. The standard InChI is InChI=1S/C14H16Br2N2OS/c1-2-10(17)5-9-6-11(15)14(12(16)7-9)19-8-13-18-3-4-20-13/h3-4,6-7,10H,2,5,8,17H2,1H3. The Hall–Kier alpha value is -0.430. The number of aromatic nitrogens is 1. The van der Waals surface area contributed by atoms with Crippen LogP contribution < -0.4 is 10.5 Å². The fraction of sp³-hybridized carbons (Fsp3) is 0.357. The molecule has 1 heterocycles. The van der Waals surface area contributed by atoms with Crippen LogP contribution in [0.3, 0.4) is 0 Å². The highest BCUT2D eigenvalue weighted by molar-refractivity contribution is 9.11. The van der Waals surface area contributed by atoms with E-state index >= 15 is 0 Å². The summed E-state index contributed by atoms with van der Waals surface area (Å²) in [4.78, 5) is 4.21. The summed E-state index contributed by atoms with van der Waals surface area (Å²) < 4.78 is 7.69. The highest BCUT2D eigenvalue weighted by Crippen LogP contribution is 2.35. The number of hydrogen-bond donors (Lipinski definition) is 1. The molecule has 2 rings (SSSR count). The lowest BCUT2D eigenvalue weighted by molar-refractivity contribution is 0.301. The van der Waals surface area contributed by atoms with Crippen LogP contribution in [0.1, 0.15) is 23.9 Å². The summed E-state index contributed by atoms with van der Waals surface area (Å²) in [6, 6.07) is 4.32. The first kappa shape index (κ1) is 15.9. The average Bonchev–Trinajstić information content (AvgIpc) is 2.90. The number of thiazole rings is 1. The zero-order chi connectivity index (χ0) is 14.5. The summed E-state index contributed by atoms with van der Waals surface area (Å²) in [5.74, 6) is 0.800. The van der Waals surface area contributed by atoms with Crippen molar-refractivity contribution in [2.45, 2.75) is 32.4 Å². The Morgan fingerprint density at radius 3 is 2.60 bits per heavy atom. The molecule has 0 aliphatic heterocycles. The minimum Gasteiger partial charge on any atom is -0.484 e. The summed E-state index contributed by atoms with van der Waals surface area (Å²) in [6.07, 6.45) is 3.61. The van der Waals surface area contributed by atoms with Crippen LogP contribution in [0.2, 0.25) is 0 Å². The largest absolute Gasteiger partial charge is 0.484 e. The van der Waals surface area contributed by atoms with E-state index in [1.54, 1.807) is 17.5 Å². The van der Waals surface area contributed by atoms with Gasteiger partial charge >= 0.3 is 0 Å². The molecule has 1 unspecified atom stereocenters. The van der Waals surface area contributed by atoms with Crippen molar-refractivity contribution in [1.82, 2.24) is 4.98 Å². The van der Waals surface area contributed by atoms with Gasteiger partial charge in [0, 0.05) is 17.6 Å². The second kappa shape index (κ2) is 7.54. The molecular weight excluding hydrogens is 404 g/mol. The first-order chi connectivity index (χ1) is 9.60. The minimum absolute atomic E-state index is 0.191. The normalized spacial score (nSPS) is 12.4. The Morgan fingerprint density at radius 1 is 1.35 bits per heavy atom. The number of rotatable bonds is 6. The predicted molar refractivity (Wildman–Crippen MR) is 90.3 cm³/mol. The second-order valence-corrected chi connectivity index (χ2v) is 7.16. The molecule has 3 nitrogen and oxygen atoms in total. The SMILES string of the molecule is CCC(N)Cc1cc(Br)c(OCc2nccs2)c(Br)c1. The van der Waals surface area contributed by atoms with Gasteiger partial charge in [-0.3, -0.25) is 0 Å². The predicted octanol–water partition coefficient (Wildman–Crippen LogP) is 4.53. The van der Waals surface area contributed by atoms with Crippen LogP contribution in [0.15, 0.2) is 32.7 Å². The zero-order valence-corrected chi connectivity index (χ0v) is 15.1. The summed E-state index contributed by atoms with van der Waals surface area (Å²) in [7, 11) is 0. The van der Waals surface area contributed by atoms with E-state index in [9.17, 15) is 0 Å². The third-order valence-electron chi connectivity index (χ3n) is 2.90. The Bertz CT molecular complexity index is 537. The van der Waals surface area contributed by atoms with Crippen LogP contribution in [-0.2, 0) is 13.0 Å². The molecule has 0 fully saturated rings. The van der Waals surface area contributed by atoms with Gasteiger partial charge in [0.25, 0.3) is 0 Å². The molecule has 0 saturated heterocycles. The molecule has 1 aromatic carbocycles. The molecule has 0 radical (unpaired) electrons. The van der Waals surface area contributed by atoms with Crippen LogP contribution in [0, 0.1) is 0 Å². The molecule has 108 valence electrons. The van der Waals surface area contributed by atoms with Crippen molar-refractivity contribution in [1.29, 1.82) is 0 Å². The molecule has 1 aromatic heterocycles. The van der Waals surface area contributed by atoms with E-state index in [4.69, 9.17) is 10.5 Å². The molecule has 2 N–H and O–H groups in total. The van der Waals surface area contributed by atoms with Crippen molar-refractivity contribution in [3.8, 4) is 5.75 Å². The fourth-order valence-corrected chi connectivity index (χ4v) is 3.81. The Kier molecular flexibility index (Phi) is 6.01. The molecule has 0 aliphatic carbocycles. The van der Waals surface area contributed by atoms with Crippen molar-refractivity contribution in [3.05, 3.63) is 43.2 Å². The lowest BCUT2D eigenvalue weighted by Gasteiger charge is -2.13. The molecule has 2 aromatic rings. The lowest BCUT2D eigenvalue weighted by Crippen LogP contribution is -2.21. The number of hydrogen-bond acceptors (Lipinski definition) is 4. The van der Waals surface area contributed by atoms with Crippen LogP contribution in [0.4, 0.5) is 0 Å². The number of nitrogens with two attached hydrogens (primary N) is 1. The van der Waals surface area contributed by atoms with Crippen molar-refractivity contribution in [3.63, 3.8) is 0 Å². The second-order valence-electron chi connectivity index (χ2n) is 4.48. The molecular formula is C14H16Br2N2OS. The summed E-state index contributed by atoms with van der Waals surface area (Å²) >= 11 is 8.71. The molecule has 6 heteroatoms. The number of ether oxygens (including phenoxy) is 1. The Balaban J connectivity index is 2.10. The van der Waals surface area contributed by atoms with Crippen molar-refractivity contribution >= 4 is 43.2 Å². The zero-order valence-electron chi connectivity index (χ0n) is 11.1. The van der Waals surface area contributed by atoms with Gasteiger partial charge in [0.1, 0.15) is 17.4 Å². The maximum Gasteiger partial charge on any atom is 0.148 e. The maximum absolute atomic E-state index is 6.00. The number of nitrogens with zero attached hydrogens (tertiary/aromatic N) is 1. The van der Waals surface area contributed by atoms with Crippen LogP contribution in [0.5, 0.6) is 5.75 Å². The topological polar surface area (TPSA) is 48.1 Å². The molecule has 0 bridgehead atoms. The molecule has 0 amide bonds. The van der Waals surface area contributed by atoms with Gasteiger partial charge in [-0.2, -0.15) is 0 Å². The van der Waals surface area contributed by atoms with E-state index in [0.29, 0.717) is 6.61 Å². The highest BCUT2D eigenvalue weighted by atomic mass is 79.9. The van der Waals surface area contributed by atoms with Crippen molar-refractivity contribution in [2.24, 2.45) is 5.73 Å². The van der Waals surface area contributed by atoms with E-state index in [0.717, 1.165) is 32.5 Å². The first-order valence-electron chi connectivity index (χ1n) is 6.34. The minimum atomic E-state index is 0.191. The van der Waals surface area contributed by atoms with Crippen molar-refractivity contribution in [2.75, 3.05) is 0 Å². The quantitative estimate of drug-likeness (QED) is 0.748. The van der Waals surface area contributed by atoms with Gasteiger partial charge in [0.15, 0.2) is 0 Å². The molecule has 0 aliphatic rings. The summed E-state index contributed by atoms with van der Waals surface area (Å²) in [5.41, 5.74) is 7.19. The maximum atomic E-state index is 6.00. The summed E-state index contributed by atoms with van der Waals surface area (Å²) in [5, 5.41) is 2.90. The Morgan fingerprint density at radius 2 is 2.05 bits per heavy atom. The third kappa shape index (κ3) is 4.28. The fourth-order valence-electron chi connectivity index (χ4n) is 1.77. The van der Waals surface area contributed by atoms with E-state index in [-0.39, 0.29) is 6.04 Å². The monoisotopic (exact) mass is 418 g/mol. The highest BCUT2D eigenvalue weighted by Gasteiger charge is 2.11. The van der Waals surface area contributed by atoms with Gasteiger partial charge in [-0.05, 0) is 62.4 Å². The van der Waals surface area contributed by atoms with Crippen LogP contribution >= 0.6 is 43.2 Å².